The van der Waals surface area contributed by atoms with Crippen LogP contribution in [-0.4, -0.2) is 65.7 Å². The molecule has 3 aromatic rings. The van der Waals surface area contributed by atoms with E-state index in [1.165, 1.54) is 21.5 Å². The van der Waals surface area contributed by atoms with E-state index >= 15 is 0 Å². The molecule has 0 saturated carbocycles. The Morgan fingerprint density at radius 1 is 0.969 bits per heavy atom. The van der Waals surface area contributed by atoms with Gasteiger partial charge in [0.05, 0.1) is 5.75 Å². The van der Waals surface area contributed by atoms with Crippen LogP contribution in [0.3, 0.4) is 0 Å². The van der Waals surface area contributed by atoms with Crippen molar-refractivity contribution in [3.63, 3.8) is 0 Å². The lowest BCUT2D eigenvalue weighted by Gasteiger charge is -2.33. The van der Waals surface area contributed by atoms with Gasteiger partial charge < -0.3 is 9.32 Å². The first-order chi connectivity index (χ1) is 15.5. The van der Waals surface area contributed by atoms with Crippen LogP contribution in [0.5, 0.6) is 0 Å². The number of sulfonamides is 1. The predicted molar refractivity (Wildman–Crippen MR) is 123 cm³/mol. The summed E-state index contributed by atoms with van der Waals surface area (Å²) in [7, 11) is -3.53. The minimum absolute atomic E-state index is 0.0914. The van der Waals surface area contributed by atoms with Crippen molar-refractivity contribution < 1.29 is 17.6 Å². The van der Waals surface area contributed by atoms with Gasteiger partial charge in [-0.05, 0) is 23.8 Å². The van der Waals surface area contributed by atoms with Crippen molar-refractivity contribution in [2.24, 2.45) is 0 Å². The normalized spacial score (nSPS) is 15.3. The molecule has 0 bridgehead atoms. The number of carbonyl (C=O) groups excluding carboxylic acids is 1. The first-order valence-corrected chi connectivity index (χ1v) is 12.5. The number of thioether (sulfide) groups is 1. The number of piperazine rings is 1. The van der Waals surface area contributed by atoms with E-state index in [9.17, 15) is 13.2 Å². The fourth-order valence-corrected chi connectivity index (χ4v) is 5.03. The zero-order valence-corrected chi connectivity index (χ0v) is 18.8. The zero-order valence-electron chi connectivity index (χ0n) is 17.2. The third kappa shape index (κ3) is 5.64. The standard InChI is InChI=1S/C22H22N4O4S2/c27-20(17-31-22-24-23-21(30-22)19-9-5-2-6-10-19)25-12-14-26(15-13-25)32(28,29)16-11-18-7-3-1-4-8-18/h1-11,16H,12-15,17H2/b16-11+. The summed E-state index contributed by atoms with van der Waals surface area (Å²) >= 11 is 1.18. The Bertz CT molecular complexity index is 1170. The van der Waals surface area contributed by atoms with E-state index in [2.05, 4.69) is 10.2 Å². The number of carbonyl (C=O) groups is 1. The van der Waals surface area contributed by atoms with Gasteiger partial charge >= 0.3 is 0 Å². The predicted octanol–water partition coefficient (Wildman–Crippen LogP) is 2.97. The Morgan fingerprint density at radius 2 is 1.62 bits per heavy atom. The SMILES string of the molecule is O=C(CSc1nnc(-c2ccccc2)o1)N1CCN(S(=O)(=O)/C=C/c2ccccc2)CC1. The molecule has 166 valence electrons. The minimum Gasteiger partial charge on any atom is -0.411 e. The maximum absolute atomic E-state index is 12.6. The number of amides is 1. The van der Waals surface area contributed by atoms with Gasteiger partial charge in [-0.2, -0.15) is 4.31 Å². The van der Waals surface area contributed by atoms with Crippen molar-refractivity contribution in [2.45, 2.75) is 5.22 Å². The quantitative estimate of drug-likeness (QED) is 0.490. The van der Waals surface area contributed by atoms with E-state index in [1.807, 2.05) is 60.7 Å². The van der Waals surface area contributed by atoms with E-state index in [4.69, 9.17) is 4.42 Å². The third-order valence-electron chi connectivity index (χ3n) is 4.93. The number of aromatic nitrogens is 2. The molecule has 0 unspecified atom stereocenters. The minimum atomic E-state index is -3.53. The van der Waals surface area contributed by atoms with Gasteiger partial charge in [0.25, 0.3) is 5.22 Å². The lowest BCUT2D eigenvalue weighted by molar-refractivity contribution is -0.129. The Kier molecular flexibility index (Phi) is 7.03. The highest BCUT2D eigenvalue weighted by molar-refractivity contribution is 7.99. The first kappa shape index (κ1) is 22.3. The highest BCUT2D eigenvalue weighted by Crippen LogP contribution is 2.23. The molecule has 0 aliphatic carbocycles. The molecule has 1 aromatic heterocycles. The molecule has 10 heteroatoms. The molecule has 32 heavy (non-hydrogen) atoms. The smallest absolute Gasteiger partial charge is 0.277 e. The number of hydrogen-bond donors (Lipinski definition) is 0. The second-order valence-corrected chi connectivity index (χ2v) is 9.81. The van der Waals surface area contributed by atoms with Gasteiger partial charge in [-0.15, -0.1) is 10.2 Å². The van der Waals surface area contributed by atoms with E-state index in [0.29, 0.717) is 24.2 Å². The van der Waals surface area contributed by atoms with E-state index in [-0.39, 0.29) is 24.7 Å². The van der Waals surface area contributed by atoms with E-state index < -0.39 is 10.0 Å². The molecule has 1 saturated heterocycles. The molecule has 0 spiro atoms. The third-order valence-corrected chi connectivity index (χ3v) is 7.30. The average molecular weight is 471 g/mol. The zero-order chi connectivity index (χ0) is 22.4. The summed E-state index contributed by atoms with van der Waals surface area (Å²) in [6.45, 7) is 1.21. The molecule has 0 N–H and O–H groups in total. The van der Waals surface area contributed by atoms with Crippen LogP contribution in [0, 0.1) is 0 Å². The molecule has 0 radical (unpaired) electrons. The fraction of sp³-hybridized carbons (Fsp3) is 0.227. The van der Waals surface area contributed by atoms with Crippen molar-refractivity contribution >= 4 is 33.8 Å². The molecule has 4 rings (SSSR count). The molecule has 1 aliphatic heterocycles. The summed E-state index contributed by atoms with van der Waals surface area (Å²) in [6.07, 6.45) is 1.58. The second kappa shape index (κ2) is 10.1. The van der Waals surface area contributed by atoms with Crippen LogP contribution in [0.1, 0.15) is 5.56 Å². The summed E-state index contributed by atoms with van der Waals surface area (Å²) in [6, 6.07) is 18.7. The van der Waals surface area contributed by atoms with Crippen LogP contribution in [-0.2, 0) is 14.8 Å². The number of benzene rings is 2. The largest absolute Gasteiger partial charge is 0.411 e. The Morgan fingerprint density at radius 3 is 2.31 bits per heavy atom. The molecule has 1 fully saturated rings. The second-order valence-electron chi connectivity index (χ2n) is 7.07. The molecule has 1 amide bonds. The number of rotatable bonds is 7. The Labute approximate surface area is 191 Å². The van der Waals surface area contributed by atoms with Gasteiger partial charge in [-0.1, -0.05) is 60.3 Å². The van der Waals surface area contributed by atoms with Gasteiger partial charge in [0.1, 0.15) is 0 Å². The molecule has 1 aliphatic rings. The van der Waals surface area contributed by atoms with E-state index in [0.717, 1.165) is 11.1 Å². The van der Waals surface area contributed by atoms with Crippen LogP contribution < -0.4 is 0 Å². The lowest BCUT2D eigenvalue weighted by Crippen LogP contribution is -2.50. The molecule has 2 aromatic carbocycles. The maximum atomic E-state index is 12.6. The summed E-state index contributed by atoms with van der Waals surface area (Å²) in [5.41, 5.74) is 1.63. The van der Waals surface area contributed by atoms with Crippen molar-refractivity contribution in [3.8, 4) is 11.5 Å². The van der Waals surface area contributed by atoms with Gasteiger partial charge in [0.15, 0.2) is 0 Å². The fourth-order valence-electron chi connectivity index (χ4n) is 3.19. The van der Waals surface area contributed by atoms with Crippen molar-refractivity contribution in [2.75, 3.05) is 31.9 Å². The first-order valence-electron chi connectivity index (χ1n) is 10.0. The molecular formula is C22H22N4O4S2. The van der Waals surface area contributed by atoms with Crippen molar-refractivity contribution in [3.05, 3.63) is 71.6 Å². The topological polar surface area (TPSA) is 96.6 Å². The number of hydrogen-bond acceptors (Lipinski definition) is 7. The average Bonchev–Trinajstić information content (AvgIpc) is 3.32. The molecule has 2 heterocycles. The molecular weight excluding hydrogens is 448 g/mol. The van der Waals surface area contributed by atoms with Crippen LogP contribution >= 0.6 is 11.8 Å². The number of nitrogens with zero attached hydrogens (tertiary/aromatic N) is 4. The van der Waals surface area contributed by atoms with Crippen molar-refractivity contribution in [1.82, 2.24) is 19.4 Å². The summed E-state index contributed by atoms with van der Waals surface area (Å²) in [5, 5.41) is 9.53. The van der Waals surface area contributed by atoms with Crippen LogP contribution in [0.2, 0.25) is 0 Å². The Balaban J connectivity index is 1.26. The van der Waals surface area contributed by atoms with Gasteiger partial charge in [-0.25, -0.2) is 8.42 Å². The van der Waals surface area contributed by atoms with Crippen LogP contribution in [0.15, 0.2) is 75.7 Å². The summed E-state index contributed by atoms with van der Waals surface area (Å²) < 4.78 is 32.1. The lowest BCUT2D eigenvalue weighted by atomic mass is 10.2. The summed E-state index contributed by atoms with van der Waals surface area (Å²) in [4.78, 5) is 14.2. The van der Waals surface area contributed by atoms with Gasteiger partial charge in [0.2, 0.25) is 21.8 Å². The van der Waals surface area contributed by atoms with E-state index in [1.54, 1.807) is 11.0 Å². The Hall–Kier alpha value is -2.95. The van der Waals surface area contributed by atoms with Gasteiger partial charge in [0, 0.05) is 37.2 Å². The van der Waals surface area contributed by atoms with Crippen LogP contribution in [0.25, 0.3) is 17.5 Å². The highest BCUT2D eigenvalue weighted by Gasteiger charge is 2.27. The highest BCUT2D eigenvalue weighted by atomic mass is 32.2. The van der Waals surface area contributed by atoms with Gasteiger partial charge in [-0.3, -0.25) is 4.79 Å². The molecule has 0 atom stereocenters. The maximum Gasteiger partial charge on any atom is 0.277 e. The van der Waals surface area contributed by atoms with Crippen molar-refractivity contribution in [1.29, 1.82) is 0 Å². The summed E-state index contributed by atoms with van der Waals surface area (Å²) in [5.74, 6) is 0.464. The van der Waals surface area contributed by atoms with Crippen LogP contribution in [0.4, 0.5) is 0 Å². The molecule has 8 nitrogen and oxygen atoms in total. The monoisotopic (exact) mass is 470 g/mol.